The van der Waals surface area contributed by atoms with Crippen LogP contribution in [0.15, 0.2) is 42.5 Å². The van der Waals surface area contributed by atoms with E-state index >= 15 is 0 Å². The Morgan fingerprint density at radius 2 is 2.04 bits per heavy atom. The Labute approximate surface area is 158 Å². The van der Waals surface area contributed by atoms with Crippen molar-refractivity contribution < 1.29 is 4.79 Å². The molecule has 5 heteroatoms. The number of halogens is 2. The summed E-state index contributed by atoms with van der Waals surface area (Å²) in [5.41, 5.74) is 2.92. The lowest BCUT2D eigenvalue weighted by Gasteiger charge is -2.32. The number of anilines is 1. The summed E-state index contributed by atoms with van der Waals surface area (Å²) in [6.45, 7) is 4.48. The van der Waals surface area contributed by atoms with Crippen molar-refractivity contribution in [1.82, 2.24) is 4.90 Å². The van der Waals surface area contributed by atoms with Crippen molar-refractivity contribution in [2.45, 2.75) is 26.3 Å². The zero-order valence-electron chi connectivity index (χ0n) is 14.3. The van der Waals surface area contributed by atoms with Crippen molar-refractivity contribution >= 4 is 34.8 Å². The van der Waals surface area contributed by atoms with E-state index in [1.165, 1.54) is 0 Å². The summed E-state index contributed by atoms with van der Waals surface area (Å²) in [5.74, 6) is 0.0700. The summed E-state index contributed by atoms with van der Waals surface area (Å²) in [7, 11) is 0. The van der Waals surface area contributed by atoms with Crippen molar-refractivity contribution in [3.05, 3.63) is 63.6 Å². The molecule has 1 N–H and O–H groups in total. The van der Waals surface area contributed by atoms with Gasteiger partial charge in [-0.1, -0.05) is 41.4 Å². The maximum Gasteiger partial charge on any atom is 0.228 e. The first-order valence-electron chi connectivity index (χ1n) is 8.55. The zero-order valence-corrected chi connectivity index (χ0v) is 15.8. The number of rotatable bonds is 4. The number of aryl methyl sites for hydroxylation is 1. The molecule has 0 spiro atoms. The highest BCUT2D eigenvalue weighted by atomic mass is 35.5. The SMILES string of the molecule is Cc1cc(Cl)ccc1NC(=O)[C@H]1CCCN(Cc2ccccc2Cl)C1. The summed E-state index contributed by atoms with van der Waals surface area (Å²) >= 11 is 12.2. The average Bonchev–Trinajstić information content (AvgIpc) is 2.60. The third kappa shape index (κ3) is 4.75. The van der Waals surface area contributed by atoms with E-state index in [2.05, 4.69) is 10.2 Å². The third-order valence-electron chi connectivity index (χ3n) is 4.67. The first kappa shape index (κ1) is 18.2. The molecule has 2 aromatic rings. The number of carbonyl (C=O) groups excluding carboxylic acids is 1. The fourth-order valence-electron chi connectivity index (χ4n) is 3.28. The molecular weight excluding hydrogens is 355 g/mol. The number of benzene rings is 2. The van der Waals surface area contributed by atoms with Crippen molar-refractivity contribution in [3.8, 4) is 0 Å². The van der Waals surface area contributed by atoms with Gasteiger partial charge < -0.3 is 5.32 Å². The molecule has 0 saturated carbocycles. The minimum absolute atomic E-state index is 0.00804. The molecule has 1 heterocycles. The van der Waals surface area contributed by atoms with Gasteiger partial charge in [-0.2, -0.15) is 0 Å². The quantitative estimate of drug-likeness (QED) is 0.799. The van der Waals surface area contributed by atoms with E-state index in [0.29, 0.717) is 5.02 Å². The van der Waals surface area contributed by atoms with E-state index in [1.54, 1.807) is 6.07 Å². The monoisotopic (exact) mass is 376 g/mol. The molecule has 0 aromatic heterocycles. The van der Waals surface area contributed by atoms with E-state index in [-0.39, 0.29) is 11.8 Å². The van der Waals surface area contributed by atoms with Crippen molar-refractivity contribution in [2.75, 3.05) is 18.4 Å². The molecule has 1 aliphatic rings. The highest BCUT2D eigenvalue weighted by Gasteiger charge is 2.26. The van der Waals surface area contributed by atoms with Gasteiger partial charge in [0.1, 0.15) is 0 Å². The van der Waals surface area contributed by atoms with E-state index in [9.17, 15) is 4.79 Å². The predicted molar refractivity (Wildman–Crippen MR) is 104 cm³/mol. The third-order valence-corrected chi connectivity index (χ3v) is 5.28. The Kier molecular flexibility index (Phi) is 6.00. The number of piperidine rings is 1. The van der Waals surface area contributed by atoms with Crippen molar-refractivity contribution in [3.63, 3.8) is 0 Å². The van der Waals surface area contributed by atoms with Crippen LogP contribution >= 0.6 is 23.2 Å². The number of likely N-dealkylation sites (tertiary alicyclic amines) is 1. The second kappa shape index (κ2) is 8.22. The Hall–Kier alpha value is -1.55. The van der Waals surface area contributed by atoms with E-state index in [1.807, 2.05) is 43.3 Å². The number of nitrogens with zero attached hydrogens (tertiary/aromatic N) is 1. The van der Waals surface area contributed by atoms with Gasteiger partial charge in [-0.25, -0.2) is 0 Å². The van der Waals surface area contributed by atoms with Gasteiger partial charge in [0.2, 0.25) is 5.91 Å². The van der Waals surface area contributed by atoms with Crippen molar-refractivity contribution in [2.24, 2.45) is 5.92 Å². The summed E-state index contributed by atoms with van der Waals surface area (Å²) in [5, 5.41) is 4.52. The summed E-state index contributed by atoms with van der Waals surface area (Å²) in [6.07, 6.45) is 1.93. The molecule has 1 amide bonds. The second-order valence-corrected chi connectivity index (χ2v) is 7.46. The van der Waals surface area contributed by atoms with Gasteiger partial charge in [-0.3, -0.25) is 9.69 Å². The Bertz CT molecular complexity index is 763. The maximum atomic E-state index is 12.7. The van der Waals surface area contributed by atoms with Gasteiger partial charge in [0.05, 0.1) is 5.92 Å². The Balaban J connectivity index is 1.62. The van der Waals surface area contributed by atoms with Crippen LogP contribution in [-0.2, 0) is 11.3 Å². The second-order valence-electron chi connectivity index (χ2n) is 6.61. The molecule has 1 aliphatic heterocycles. The lowest BCUT2D eigenvalue weighted by atomic mass is 9.96. The topological polar surface area (TPSA) is 32.3 Å². The van der Waals surface area contributed by atoms with Crippen LogP contribution in [0.2, 0.25) is 10.0 Å². The molecule has 0 aliphatic carbocycles. The Morgan fingerprint density at radius 1 is 1.24 bits per heavy atom. The fourth-order valence-corrected chi connectivity index (χ4v) is 3.70. The standard InChI is InChI=1S/C20H22Cl2N2O/c1-14-11-17(21)8-9-19(14)23-20(25)16-6-4-10-24(13-16)12-15-5-2-3-7-18(15)22/h2-3,5,7-9,11,16H,4,6,10,12-13H2,1H3,(H,23,25)/t16-/m0/s1. The highest BCUT2D eigenvalue weighted by molar-refractivity contribution is 6.31. The molecule has 132 valence electrons. The van der Waals surface area contributed by atoms with Gasteiger partial charge >= 0.3 is 0 Å². The van der Waals surface area contributed by atoms with E-state index in [0.717, 1.165) is 54.3 Å². The lowest BCUT2D eigenvalue weighted by molar-refractivity contribution is -0.121. The molecule has 3 nitrogen and oxygen atoms in total. The minimum Gasteiger partial charge on any atom is -0.326 e. The van der Waals surface area contributed by atoms with Crippen LogP contribution < -0.4 is 5.32 Å². The minimum atomic E-state index is -0.00804. The van der Waals surface area contributed by atoms with Crippen LogP contribution in [0.5, 0.6) is 0 Å². The van der Waals surface area contributed by atoms with Crippen LogP contribution in [-0.4, -0.2) is 23.9 Å². The molecule has 3 rings (SSSR count). The number of carbonyl (C=O) groups is 1. The summed E-state index contributed by atoms with van der Waals surface area (Å²) in [4.78, 5) is 15.0. The smallest absolute Gasteiger partial charge is 0.228 e. The molecule has 25 heavy (non-hydrogen) atoms. The van der Waals surface area contributed by atoms with Crippen molar-refractivity contribution in [1.29, 1.82) is 0 Å². The normalized spacial score (nSPS) is 18.1. The number of amides is 1. The van der Waals surface area contributed by atoms with Gasteiger partial charge in [0.15, 0.2) is 0 Å². The van der Waals surface area contributed by atoms with Gasteiger partial charge in [-0.15, -0.1) is 0 Å². The van der Waals surface area contributed by atoms with Gasteiger partial charge in [0.25, 0.3) is 0 Å². The largest absolute Gasteiger partial charge is 0.326 e. The Morgan fingerprint density at radius 3 is 2.80 bits per heavy atom. The summed E-state index contributed by atoms with van der Waals surface area (Å²) in [6, 6.07) is 13.4. The lowest BCUT2D eigenvalue weighted by Crippen LogP contribution is -2.40. The molecule has 1 atom stereocenters. The molecule has 2 aromatic carbocycles. The molecule has 1 fully saturated rings. The zero-order chi connectivity index (χ0) is 17.8. The highest BCUT2D eigenvalue weighted by Crippen LogP contribution is 2.25. The molecule has 1 saturated heterocycles. The molecule has 0 bridgehead atoms. The van der Waals surface area contributed by atoms with Crippen LogP contribution in [0.25, 0.3) is 0 Å². The molecule has 0 radical (unpaired) electrons. The first-order chi connectivity index (χ1) is 12.0. The van der Waals surface area contributed by atoms with Gasteiger partial charge in [-0.05, 0) is 61.7 Å². The van der Waals surface area contributed by atoms with Gasteiger partial charge in [0, 0.05) is 28.8 Å². The molecule has 0 unspecified atom stereocenters. The number of hydrogen-bond donors (Lipinski definition) is 1. The predicted octanol–water partition coefficient (Wildman–Crippen LogP) is 5.15. The van der Waals surface area contributed by atoms with Crippen LogP contribution in [0.1, 0.15) is 24.0 Å². The van der Waals surface area contributed by atoms with Crippen LogP contribution in [0.4, 0.5) is 5.69 Å². The summed E-state index contributed by atoms with van der Waals surface area (Å²) < 4.78 is 0. The van der Waals surface area contributed by atoms with E-state index < -0.39 is 0 Å². The maximum absolute atomic E-state index is 12.7. The number of nitrogens with one attached hydrogen (secondary N) is 1. The van der Waals surface area contributed by atoms with Crippen LogP contribution in [0.3, 0.4) is 0 Å². The first-order valence-corrected chi connectivity index (χ1v) is 9.31. The average molecular weight is 377 g/mol. The molecular formula is C20H22Cl2N2O. The number of hydrogen-bond acceptors (Lipinski definition) is 2. The van der Waals surface area contributed by atoms with Crippen LogP contribution in [0, 0.1) is 12.8 Å². The fraction of sp³-hybridized carbons (Fsp3) is 0.350. The van der Waals surface area contributed by atoms with E-state index in [4.69, 9.17) is 23.2 Å².